The highest BCUT2D eigenvalue weighted by Gasteiger charge is 2.38. The highest BCUT2D eigenvalue weighted by molar-refractivity contribution is 7.91. The van der Waals surface area contributed by atoms with Gasteiger partial charge in [0.2, 0.25) is 16.8 Å². The summed E-state index contributed by atoms with van der Waals surface area (Å²) in [5, 5.41) is 14.5. The van der Waals surface area contributed by atoms with Gasteiger partial charge in [0.15, 0.2) is 5.82 Å². The fourth-order valence-corrected chi connectivity index (χ4v) is 6.66. The highest BCUT2D eigenvalue weighted by atomic mass is 35.5. The Morgan fingerprint density at radius 3 is 2.65 bits per heavy atom. The fraction of sp³-hybridized carbons (Fsp3) is 0.542. The van der Waals surface area contributed by atoms with E-state index in [1.54, 1.807) is 4.90 Å². The molecule has 2 aromatic rings. The Balaban J connectivity index is 1.37. The molecule has 2 N–H and O–H groups in total. The topological polar surface area (TPSA) is 105 Å². The number of likely N-dealkylation sites (tertiary alicyclic amines) is 1. The second kappa shape index (κ2) is 9.53. The molecule has 8 nitrogen and oxygen atoms in total. The van der Waals surface area contributed by atoms with Crippen LogP contribution in [-0.2, 0) is 27.8 Å². The third-order valence-corrected chi connectivity index (χ3v) is 9.12. The lowest BCUT2D eigenvalue weighted by molar-refractivity contribution is -0.132. The van der Waals surface area contributed by atoms with Crippen LogP contribution in [0, 0.1) is 0 Å². The molecule has 2 atom stereocenters. The fourth-order valence-electron chi connectivity index (χ4n) is 5.22. The van der Waals surface area contributed by atoms with Crippen LogP contribution < -0.4 is 10.2 Å². The van der Waals surface area contributed by atoms with Gasteiger partial charge in [0.25, 0.3) is 0 Å². The van der Waals surface area contributed by atoms with Crippen molar-refractivity contribution < 1.29 is 14.5 Å². The number of aliphatic hydroxyl groups excluding tert-OH is 1. The molecule has 4 heterocycles. The van der Waals surface area contributed by atoms with Crippen molar-refractivity contribution >= 4 is 40.5 Å². The maximum atomic E-state index is 12.7. The van der Waals surface area contributed by atoms with Gasteiger partial charge in [0.1, 0.15) is 11.4 Å². The van der Waals surface area contributed by atoms with Crippen LogP contribution in [0.25, 0.3) is 0 Å². The van der Waals surface area contributed by atoms with Gasteiger partial charge in [0.05, 0.1) is 6.61 Å². The summed E-state index contributed by atoms with van der Waals surface area (Å²) in [6, 6.07) is 7.82. The number of aliphatic hydroxyl groups is 1. The predicted molar refractivity (Wildman–Crippen MR) is 133 cm³/mol. The molecule has 2 saturated heterocycles. The largest absolute Gasteiger partial charge is 0.611 e. The standard InChI is InChI=1S/C24H30ClN5O3S/c1-29-14-18(6-7-20(29)32)26-22-21-19(8-13-34(21)33)27-23(28-22)30-11-9-24(15-31,10-12-30)16-2-4-17(25)5-3-16/h2-5,18,31H,6-15H2,1H3,(H,26,27,28). The normalized spacial score (nSPS) is 24.3. The first-order valence-corrected chi connectivity index (χ1v) is 13.5. The quantitative estimate of drug-likeness (QED) is 0.603. The molecular weight excluding hydrogens is 474 g/mol. The molecule has 1 amide bonds. The maximum absolute atomic E-state index is 12.7. The predicted octanol–water partition coefficient (Wildman–Crippen LogP) is 2.36. The minimum Gasteiger partial charge on any atom is -0.611 e. The Morgan fingerprint density at radius 2 is 1.97 bits per heavy atom. The Labute approximate surface area is 207 Å². The van der Waals surface area contributed by atoms with Gasteiger partial charge in [-0.25, -0.2) is 4.98 Å². The van der Waals surface area contributed by atoms with Crippen LogP contribution in [0.5, 0.6) is 0 Å². The minimum atomic E-state index is -1.11. The molecule has 5 rings (SSSR count). The first-order chi connectivity index (χ1) is 16.4. The Hall–Kier alpha value is -2.07. The molecule has 2 fully saturated rings. The SMILES string of the molecule is CN1CC(Nc2nc(N3CCC(CO)(c4ccc(Cl)cc4)CC3)nc3c2[S+]([O-])CC3)CCC1=O. The molecule has 2 unspecified atom stereocenters. The van der Waals surface area contributed by atoms with E-state index < -0.39 is 11.2 Å². The average Bonchev–Trinajstić information content (AvgIpc) is 3.23. The van der Waals surface area contributed by atoms with Crippen LogP contribution in [0.4, 0.5) is 11.8 Å². The molecule has 34 heavy (non-hydrogen) atoms. The number of hydrogen-bond acceptors (Lipinski definition) is 7. The molecule has 0 radical (unpaired) electrons. The highest BCUT2D eigenvalue weighted by Crippen LogP contribution is 2.38. The number of fused-ring (bicyclic) bond motifs is 1. The summed E-state index contributed by atoms with van der Waals surface area (Å²) in [6.07, 6.45) is 3.45. The van der Waals surface area contributed by atoms with E-state index in [1.165, 1.54) is 0 Å². The van der Waals surface area contributed by atoms with Crippen molar-refractivity contribution in [3.8, 4) is 0 Å². The molecule has 0 spiro atoms. The van der Waals surface area contributed by atoms with Gasteiger partial charge in [-0.05, 0) is 48.1 Å². The molecule has 3 aliphatic heterocycles. The van der Waals surface area contributed by atoms with Crippen LogP contribution in [0.1, 0.15) is 36.9 Å². The van der Waals surface area contributed by atoms with Crippen LogP contribution in [-0.4, -0.2) is 75.5 Å². The summed E-state index contributed by atoms with van der Waals surface area (Å²) in [4.78, 5) is 26.1. The monoisotopic (exact) mass is 503 g/mol. The van der Waals surface area contributed by atoms with Gasteiger partial charge >= 0.3 is 0 Å². The van der Waals surface area contributed by atoms with E-state index in [2.05, 4.69) is 10.2 Å². The van der Waals surface area contributed by atoms with E-state index in [0.29, 0.717) is 59.9 Å². The number of hydrogen-bond donors (Lipinski definition) is 2. The van der Waals surface area contributed by atoms with E-state index in [1.807, 2.05) is 31.3 Å². The maximum Gasteiger partial charge on any atom is 0.227 e. The van der Waals surface area contributed by atoms with Crippen molar-refractivity contribution in [1.82, 2.24) is 14.9 Å². The summed E-state index contributed by atoms with van der Waals surface area (Å²) in [6.45, 7) is 2.10. The van der Waals surface area contributed by atoms with Crippen molar-refractivity contribution in [2.24, 2.45) is 0 Å². The van der Waals surface area contributed by atoms with Crippen molar-refractivity contribution in [2.45, 2.75) is 48.5 Å². The van der Waals surface area contributed by atoms with Crippen molar-refractivity contribution in [3.63, 3.8) is 0 Å². The van der Waals surface area contributed by atoms with Gasteiger partial charge in [-0.1, -0.05) is 23.7 Å². The van der Waals surface area contributed by atoms with E-state index in [0.717, 1.165) is 30.5 Å². The molecular formula is C24H30ClN5O3S. The summed E-state index contributed by atoms with van der Waals surface area (Å²) in [7, 11) is 1.81. The smallest absolute Gasteiger partial charge is 0.227 e. The number of carbonyl (C=O) groups is 1. The number of aromatic nitrogens is 2. The molecule has 1 aromatic carbocycles. The lowest BCUT2D eigenvalue weighted by Gasteiger charge is -2.41. The molecule has 0 saturated carbocycles. The Kier molecular flexibility index (Phi) is 6.63. The number of piperidine rings is 2. The van der Waals surface area contributed by atoms with Crippen molar-refractivity contribution in [1.29, 1.82) is 0 Å². The Bertz CT molecular complexity index is 1060. The second-order valence-corrected chi connectivity index (χ2v) is 11.5. The minimum absolute atomic E-state index is 0.0699. The van der Waals surface area contributed by atoms with Gasteiger partial charge in [-0.15, -0.1) is 0 Å². The number of benzene rings is 1. The molecule has 0 aliphatic carbocycles. The summed E-state index contributed by atoms with van der Waals surface area (Å²) in [5.74, 6) is 2.00. The number of rotatable bonds is 5. The first-order valence-electron chi connectivity index (χ1n) is 11.8. The molecule has 182 valence electrons. The van der Waals surface area contributed by atoms with Crippen molar-refractivity contribution in [2.75, 3.05) is 49.3 Å². The number of likely N-dealkylation sites (N-methyl/N-ethyl adjacent to an activating group) is 1. The number of aryl methyl sites for hydroxylation is 1. The number of nitrogens with one attached hydrogen (secondary N) is 1. The van der Waals surface area contributed by atoms with Gasteiger partial charge in [-0.3, -0.25) is 4.79 Å². The number of amides is 1. The lowest BCUT2D eigenvalue weighted by atomic mass is 9.73. The van der Waals surface area contributed by atoms with E-state index >= 15 is 0 Å². The zero-order chi connectivity index (χ0) is 23.9. The summed E-state index contributed by atoms with van der Waals surface area (Å²) < 4.78 is 12.7. The van der Waals surface area contributed by atoms with Gasteiger partial charge in [-0.2, -0.15) is 4.98 Å². The number of halogens is 1. The van der Waals surface area contributed by atoms with E-state index in [4.69, 9.17) is 21.6 Å². The van der Waals surface area contributed by atoms with Crippen LogP contribution in [0.2, 0.25) is 5.02 Å². The molecule has 3 aliphatic rings. The van der Waals surface area contributed by atoms with Crippen molar-refractivity contribution in [3.05, 3.63) is 40.5 Å². The average molecular weight is 504 g/mol. The van der Waals surface area contributed by atoms with Gasteiger partial charge in [0, 0.05) is 56.0 Å². The van der Waals surface area contributed by atoms with Crippen LogP contribution in [0.15, 0.2) is 29.2 Å². The number of nitrogens with zero attached hydrogens (tertiary/aromatic N) is 4. The second-order valence-electron chi connectivity index (χ2n) is 9.53. The molecule has 10 heteroatoms. The molecule has 0 bridgehead atoms. The third-order valence-electron chi connectivity index (χ3n) is 7.41. The van der Waals surface area contributed by atoms with Crippen LogP contribution in [0.3, 0.4) is 0 Å². The number of anilines is 2. The zero-order valence-corrected chi connectivity index (χ0v) is 20.9. The summed E-state index contributed by atoms with van der Waals surface area (Å²) >= 11 is 4.95. The van der Waals surface area contributed by atoms with E-state index in [-0.39, 0.29) is 24.0 Å². The van der Waals surface area contributed by atoms with E-state index in [9.17, 15) is 14.5 Å². The Morgan fingerprint density at radius 1 is 1.24 bits per heavy atom. The van der Waals surface area contributed by atoms with Crippen LogP contribution >= 0.6 is 11.6 Å². The third kappa shape index (κ3) is 4.46. The summed E-state index contributed by atoms with van der Waals surface area (Å²) in [5.41, 5.74) is 1.64. The molecule has 1 aromatic heterocycles. The number of carbonyl (C=O) groups excluding carboxylic acids is 1. The lowest BCUT2D eigenvalue weighted by Crippen LogP contribution is -2.45. The van der Waals surface area contributed by atoms with Gasteiger partial charge < -0.3 is 24.8 Å². The first kappa shape index (κ1) is 23.7. The zero-order valence-electron chi connectivity index (χ0n) is 19.3.